The van der Waals surface area contributed by atoms with Gasteiger partial charge in [-0.05, 0) is 24.8 Å². The van der Waals surface area contributed by atoms with Crippen LogP contribution in [0, 0.1) is 17.2 Å². The molecule has 0 unspecified atom stereocenters. The Kier molecular flexibility index (Phi) is 5.96. The molecule has 2 fully saturated rings. The van der Waals surface area contributed by atoms with Crippen molar-refractivity contribution in [1.29, 1.82) is 5.26 Å². The van der Waals surface area contributed by atoms with Crippen molar-refractivity contribution in [3.8, 4) is 17.3 Å². The normalized spacial score (nSPS) is 18.7. The number of piperidine rings is 1. The topological polar surface area (TPSA) is 116 Å². The zero-order chi connectivity index (χ0) is 23.7. The third kappa shape index (κ3) is 4.12. The molecule has 0 aliphatic carbocycles. The van der Waals surface area contributed by atoms with Gasteiger partial charge in [-0.25, -0.2) is 14.8 Å². The molecule has 2 aliphatic rings. The van der Waals surface area contributed by atoms with Crippen LogP contribution in [0.3, 0.4) is 0 Å². The van der Waals surface area contributed by atoms with Gasteiger partial charge in [-0.3, -0.25) is 9.58 Å². The van der Waals surface area contributed by atoms with Crippen molar-refractivity contribution in [1.82, 2.24) is 34.5 Å². The molecular formula is C24H30N8O2. The first-order valence-electron chi connectivity index (χ1n) is 11.9. The van der Waals surface area contributed by atoms with Crippen molar-refractivity contribution in [2.75, 3.05) is 32.8 Å². The number of nitriles is 1. The number of carbonyl (C=O) groups is 1. The smallest absolute Gasteiger partial charge is 0.409 e. The summed E-state index contributed by atoms with van der Waals surface area (Å²) in [5.74, 6) is 0.335. The molecule has 0 radical (unpaired) electrons. The van der Waals surface area contributed by atoms with Crippen molar-refractivity contribution in [3.63, 3.8) is 0 Å². The molecule has 10 nitrogen and oxygen atoms in total. The zero-order valence-electron chi connectivity index (χ0n) is 19.6. The fourth-order valence-electron chi connectivity index (χ4n) is 5.00. The van der Waals surface area contributed by atoms with Gasteiger partial charge in [0.25, 0.3) is 0 Å². The van der Waals surface area contributed by atoms with Crippen LogP contribution >= 0.6 is 0 Å². The van der Waals surface area contributed by atoms with Gasteiger partial charge in [0, 0.05) is 55.6 Å². The van der Waals surface area contributed by atoms with Gasteiger partial charge in [0.2, 0.25) is 0 Å². The van der Waals surface area contributed by atoms with Gasteiger partial charge in [0.05, 0.1) is 31.0 Å². The Morgan fingerprint density at radius 1 is 1.32 bits per heavy atom. The summed E-state index contributed by atoms with van der Waals surface area (Å²) in [6, 6.07) is 4.73. The van der Waals surface area contributed by atoms with Crippen LogP contribution in [0.1, 0.15) is 33.1 Å². The summed E-state index contributed by atoms with van der Waals surface area (Å²) in [5.41, 5.74) is 2.19. The lowest BCUT2D eigenvalue weighted by Crippen LogP contribution is -2.66. The molecule has 0 saturated carbocycles. The summed E-state index contributed by atoms with van der Waals surface area (Å²) in [4.78, 5) is 28.3. The molecule has 3 aromatic heterocycles. The number of aromatic nitrogens is 5. The number of carbonyl (C=O) groups excluding carboxylic acids is 1. The van der Waals surface area contributed by atoms with Crippen LogP contribution in [0.25, 0.3) is 22.3 Å². The molecule has 10 heteroatoms. The molecule has 5 heterocycles. The van der Waals surface area contributed by atoms with E-state index >= 15 is 0 Å². The first-order valence-corrected chi connectivity index (χ1v) is 11.9. The zero-order valence-corrected chi connectivity index (χ0v) is 19.6. The number of amides is 1. The minimum Gasteiger partial charge on any atom is -0.449 e. The van der Waals surface area contributed by atoms with Gasteiger partial charge in [0.15, 0.2) is 0 Å². The van der Waals surface area contributed by atoms with Crippen LogP contribution in [0.15, 0.2) is 31.0 Å². The largest absolute Gasteiger partial charge is 0.449 e. The van der Waals surface area contributed by atoms with Gasteiger partial charge >= 0.3 is 6.09 Å². The Morgan fingerprint density at radius 3 is 2.85 bits per heavy atom. The van der Waals surface area contributed by atoms with Crippen LogP contribution in [-0.2, 0) is 10.3 Å². The molecule has 2 saturated heterocycles. The second-order valence-corrected chi connectivity index (χ2v) is 9.79. The van der Waals surface area contributed by atoms with E-state index in [2.05, 4.69) is 31.0 Å². The first-order chi connectivity index (χ1) is 16.5. The van der Waals surface area contributed by atoms with Gasteiger partial charge in [-0.15, -0.1) is 0 Å². The second-order valence-electron chi connectivity index (χ2n) is 9.79. The van der Waals surface area contributed by atoms with Crippen molar-refractivity contribution < 1.29 is 9.53 Å². The number of H-pyrrole nitrogens is 1. The minimum atomic E-state index is -0.343. The van der Waals surface area contributed by atoms with Gasteiger partial charge in [-0.2, -0.15) is 10.4 Å². The lowest BCUT2D eigenvalue weighted by molar-refractivity contribution is -0.0426. The Balaban J connectivity index is 1.23. The van der Waals surface area contributed by atoms with E-state index in [-0.39, 0.29) is 11.6 Å². The maximum absolute atomic E-state index is 12.3. The Bertz CT molecular complexity index is 1200. The molecule has 5 rings (SSSR count). The van der Waals surface area contributed by atoms with Crippen molar-refractivity contribution in [2.24, 2.45) is 5.92 Å². The number of likely N-dealkylation sites (tertiary alicyclic amines) is 2. The predicted molar refractivity (Wildman–Crippen MR) is 126 cm³/mol. The van der Waals surface area contributed by atoms with Crippen molar-refractivity contribution in [2.45, 2.75) is 44.7 Å². The van der Waals surface area contributed by atoms with E-state index in [4.69, 9.17) is 4.74 Å². The fourth-order valence-corrected chi connectivity index (χ4v) is 5.00. The van der Waals surface area contributed by atoms with Crippen LogP contribution in [0.5, 0.6) is 0 Å². The lowest BCUT2D eigenvalue weighted by Gasteiger charge is -2.53. The number of ether oxygens (including phenoxy) is 1. The average molecular weight is 463 g/mol. The van der Waals surface area contributed by atoms with Gasteiger partial charge in [-0.1, -0.05) is 13.8 Å². The highest BCUT2D eigenvalue weighted by atomic mass is 16.6. The summed E-state index contributed by atoms with van der Waals surface area (Å²) in [6.07, 6.45) is 9.23. The minimum absolute atomic E-state index is 0.208. The molecule has 0 atom stereocenters. The summed E-state index contributed by atoms with van der Waals surface area (Å²) in [6.45, 7) is 7.48. The Hall–Kier alpha value is -3.45. The molecule has 2 aliphatic heterocycles. The van der Waals surface area contributed by atoms with Gasteiger partial charge < -0.3 is 14.6 Å². The standard InChI is InChI=1S/C24H30N8O2/c1-17(2)13-34-23(33)30-9-4-19(5-10-30)31-14-24(15-31,6-7-25)32-12-18(11-29-32)21-20-3-8-26-22(20)28-16-27-21/h3,8,11-12,16-17,19H,4-6,9-10,13-15H2,1-2H3,(H,26,27,28). The van der Waals surface area contributed by atoms with Crippen LogP contribution < -0.4 is 0 Å². The molecule has 3 aromatic rings. The van der Waals surface area contributed by atoms with Crippen LogP contribution in [-0.4, -0.2) is 79.5 Å². The second kappa shape index (κ2) is 9.06. The van der Waals surface area contributed by atoms with E-state index in [1.54, 1.807) is 6.33 Å². The maximum atomic E-state index is 12.3. The molecule has 1 amide bonds. The number of aromatic amines is 1. The number of hydrogen-bond donors (Lipinski definition) is 1. The summed E-state index contributed by atoms with van der Waals surface area (Å²) in [7, 11) is 0. The van der Waals surface area contributed by atoms with E-state index in [0.717, 1.165) is 48.2 Å². The van der Waals surface area contributed by atoms with E-state index in [1.165, 1.54) is 0 Å². The molecule has 0 aromatic carbocycles. The fraction of sp³-hybridized carbons (Fsp3) is 0.542. The highest BCUT2D eigenvalue weighted by Crippen LogP contribution is 2.37. The number of fused-ring (bicyclic) bond motifs is 1. The van der Waals surface area contributed by atoms with Crippen LogP contribution in [0.4, 0.5) is 4.79 Å². The number of rotatable bonds is 6. The highest BCUT2D eigenvalue weighted by molar-refractivity contribution is 5.90. The first kappa shape index (κ1) is 22.3. The number of nitrogens with one attached hydrogen (secondary N) is 1. The monoisotopic (exact) mass is 462 g/mol. The number of hydrogen-bond acceptors (Lipinski definition) is 7. The van der Waals surface area contributed by atoms with Crippen molar-refractivity contribution in [3.05, 3.63) is 31.0 Å². The summed E-state index contributed by atoms with van der Waals surface area (Å²) in [5, 5.41) is 15.1. The van der Waals surface area contributed by atoms with E-state index < -0.39 is 0 Å². The van der Waals surface area contributed by atoms with E-state index in [0.29, 0.717) is 38.1 Å². The lowest BCUT2D eigenvalue weighted by atomic mass is 9.84. The molecule has 0 spiro atoms. The molecule has 0 bridgehead atoms. The Labute approximate surface area is 198 Å². The third-order valence-corrected chi connectivity index (χ3v) is 6.88. The average Bonchev–Trinajstić information content (AvgIpc) is 3.49. The summed E-state index contributed by atoms with van der Waals surface area (Å²) >= 11 is 0. The predicted octanol–water partition coefficient (Wildman–Crippen LogP) is 3.00. The van der Waals surface area contributed by atoms with E-state index in [1.807, 2.05) is 48.1 Å². The molecular weight excluding hydrogens is 432 g/mol. The highest BCUT2D eigenvalue weighted by Gasteiger charge is 2.48. The quantitative estimate of drug-likeness (QED) is 0.598. The summed E-state index contributed by atoms with van der Waals surface area (Å²) < 4.78 is 7.32. The van der Waals surface area contributed by atoms with Crippen molar-refractivity contribution >= 4 is 17.1 Å². The maximum Gasteiger partial charge on any atom is 0.409 e. The van der Waals surface area contributed by atoms with Crippen LogP contribution in [0.2, 0.25) is 0 Å². The van der Waals surface area contributed by atoms with Gasteiger partial charge in [0.1, 0.15) is 17.5 Å². The number of nitrogens with zero attached hydrogens (tertiary/aromatic N) is 7. The molecule has 1 N–H and O–H groups in total. The molecule has 178 valence electrons. The van der Waals surface area contributed by atoms with E-state index in [9.17, 15) is 10.1 Å². The molecule has 34 heavy (non-hydrogen) atoms. The third-order valence-electron chi connectivity index (χ3n) is 6.88. The SMILES string of the molecule is CC(C)COC(=O)N1CCC(N2CC(CC#N)(n3cc(-c4ncnc5[nH]ccc45)cn3)C2)CC1. The Morgan fingerprint density at radius 2 is 2.12 bits per heavy atom.